The van der Waals surface area contributed by atoms with Crippen LogP contribution in [0.5, 0.6) is 0 Å². The smallest absolute Gasteiger partial charge is 0.0170 e. The van der Waals surface area contributed by atoms with Gasteiger partial charge >= 0.3 is 0 Å². The summed E-state index contributed by atoms with van der Waals surface area (Å²) in [6.45, 7) is 25.7. The molecule has 0 saturated heterocycles. The second-order valence-electron chi connectivity index (χ2n) is 8.79. The second-order valence-corrected chi connectivity index (χ2v) is 8.79. The van der Waals surface area contributed by atoms with Crippen LogP contribution < -0.4 is 0 Å². The van der Waals surface area contributed by atoms with E-state index in [0.29, 0.717) is 0 Å². The zero-order chi connectivity index (χ0) is 24.0. The number of hydrogen-bond acceptors (Lipinski definition) is 0. The topological polar surface area (TPSA) is 0 Å². The Balaban J connectivity index is -0.000000159. The van der Waals surface area contributed by atoms with Crippen molar-refractivity contribution in [2.24, 2.45) is 17.8 Å². The first-order valence-electron chi connectivity index (χ1n) is 13.7. The van der Waals surface area contributed by atoms with E-state index < -0.39 is 0 Å². The SMILES string of the molecule is C=CCCCC1C=C[C@@H]1CC.CCC.CCC.CCCC.CCCCC(C)CCC. The van der Waals surface area contributed by atoms with Crippen LogP contribution in [0.4, 0.5) is 0 Å². The van der Waals surface area contributed by atoms with Gasteiger partial charge in [0.15, 0.2) is 0 Å². The molecule has 0 heterocycles. The molecule has 0 heteroatoms. The van der Waals surface area contributed by atoms with Crippen molar-refractivity contribution >= 4 is 0 Å². The lowest BCUT2D eigenvalue weighted by Crippen LogP contribution is -2.17. The molecule has 0 fully saturated rings. The van der Waals surface area contributed by atoms with Crippen LogP contribution in [-0.4, -0.2) is 0 Å². The molecule has 0 aromatic rings. The molecule has 0 N–H and O–H groups in total. The summed E-state index contributed by atoms with van der Waals surface area (Å²) in [6.07, 6.45) is 24.0. The Kier molecular flexibility index (Phi) is 44.1. The highest BCUT2D eigenvalue weighted by atomic mass is 14.3. The van der Waals surface area contributed by atoms with Gasteiger partial charge in [-0.2, -0.15) is 0 Å². The molecule has 0 spiro atoms. The molecule has 0 bridgehead atoms. The summed E-state index contributed by atoms with van der Waals surface area (Å²) in [7, 11) is 0. The molecular weight excluding hydrogens is 360 g/mol. The van der Waals surface area contributed by atoms with E-state index in [4.69, 9.17) is 0 Å². The first-order chi connectivity index (χ1) is 14.4. The van der Waals surface area contributed by atoms with Crippen molar-refractivity contribution in [2.45, 2.75) is 153 Å². The van der Waals surface area contributed by atoms with E-state index in [2.05, 4.69) is 88.0 Å². The van der Waals surface area contributed by atoms with Crippen LogP contribution in [0.15, 0.2) is 24.8 Å². The quantitative estimate of drug-likeness (QED) is 0.228. The Morgan fingerprint density at radius 3 is 1.50 bits per heavy atom. The summed E-state index contributed by atoms with van der Waals surface area (Å²) in [5.41, 5.74) is 0. The van der Waals surface area contributed by atoms with E-state index in [1.54, 1.807) is 0 Å². The summed E-state index contributed by atoms with van der Waals surface area (Å²) in [6, 6.07) is 0. The fourth-order valence-corrected chi connectivity index (χ4v) is 2.86. The molecule has 0 nitrogen and oxygen atoms in total. The average molecular weight is 425 g/mol. The van der Waals surface area contributed by atoms with Crippen molar-refractivity contribution in [1.82, 2.24) is 0 Å². The molecule has 0 radical (unpaired) electrons. The predicted molar refractivity (Wildman–Crippen MR) is 147 cm³/mol. The summed E-state index contributed by atoms with van der Waals surface area (Å²) in [4.78, 5) is 0. The van der Waals surface area contributed by atoms with Crippen molar-refractivity contribution in [3.8, 4) is 0 Å². The molecule has 1 rings (SSSR count). The molecule has 0 amide bonds. The lowest BCUT2D eigenvalue weighted by atomic mass is 9.77. The monoisotopic (exact) mass is 425 g/mol. The Morgan fingerprint density at radius 2 is 1.20 bits per heavy atom. The number of unbranched alkanes of at least 4 members (excludes halogenated alkanes) is 3. The normalized spacial score (nSPS) is 16.6. The van der Waals surface area contributed by atoms with Gasteiger partial charge in [-0.05, 0) is 43.4 Å². The zero-order valence-corrected chi connectivity index (χ0v) is 23.4. The third-order valence-electron chi connectivity index (χ3n) is 4.90. The number of rotatable bonds is 11. The molecule has 184 valence electrons. The molecule has 0 aliphatic heterocycles. The average Bonchev–Trinajstić information content (AvgIpc) is 2.71. The van der Waals surface area contributed by atoms with E-state index in [1.807, 2.05) is 6.08 Å². The fraction of sp³-hybridized carbons (Fsp3) is 0.867. The Labute approximate surface area is 195 Å². The molecule has 1 aliphatic carbocycles. The van der Waals surface area contributed by atoms with Crippen molar-refractivity contribution in [3.05, 3.63) is 24.8 Å². The van der Waals surface area contributed by atoms with Gasteiger partial charge in [-0.1, -0.05) is 145 Å². The summed E-state index contributed by atoms with van der Waals surface area (Å²) in [5, 5.41) is 0. The van der Waals surface area contributed by atoms with E-state index in [-0.39, 0.29) is 0 Å². The van der Waals surface area contributed by atoms with E-state index in [9.17, 15) is 0 Å². The largest absolute Gasteiger partial charge is 0.103 e. The predicted octanol–water partition coefficient (Wildman–Crippen LogP) is 11.8. The van der Waals surface area contributed by atoms with Crippen LogP contribution in [0.1, 0.15) is 153 Å². The van der Waals surface area contributed by atoms with Crippen molar-refractivity contribution in [3.63, 3.8) is 0 Å². The van der Waals surface area contributed by atoms with Gasteiger partial charge in [-0.3, -0.25) is 0 Å². The molecule has 30 heavy (non-hydrogen) atoms. The van der Waals surface area contributed by atoms with Crippen LogP contribution in [0.3, 0.4) is 0 Å². The molecule has 0 aromatic carbocycles. The maximum atomic E-state index is 3.72. The van der Waals surface area contributed by atoms with Crippen LogP contribution in [0.2, 0.25) is 0 Å². The molecule has 1 aliphatic rings. The standard InChI is InChI=1S/C11H18.C9H20.C4H10.2C3H8/c1-3-5-6-7-11-9-8-10(11)4-2;1-4-6-8-9(3)7-5-2;1-3-4-2;2*1-3-2/h3,8-11H,1,4-7H2,2H3;9H,4-8H2,1-3H3;3-4H2,1-2H3;2*3H2,1-2H3/t10-,11?;;;;/m0..../s1. The fourth-order valence-electron chi connectivity index (χ4n) is 2.86. The van der Waals surface area contributed by atoms with Crippen LogP contribution in [0.25, 0.3) is 0 Å². The number of hydrogen-bond donors (Lipinski definition) is 0. The first-order valence-corrected chi connectivity index (χ1v) is 13.7. The van der Waals surface area contributed by atoms with Crippen LogP contribution in [-0.2, 0) is 0 Å². The highest BCUT2D eigenvalue weighted by molar-refractivity contribution is 5.08. The Hall–Kier alpha value is -0.520. The molecular formula is C30H64. The Bertz CT molecular complexity index is 284. The highest BCUT2D eigenvalue weighted by Gasteiger charge is 2.20. The lowest BCUT2D eigenvalue weighted by Gasteiger charge is -2.28. The van der Waals surface area contributed by atoms with Crippen molar-refractivity contribution in [1.29, 1.82) is 0 Å². The molecule has 2 unspecified atom stereocenters. The maximum absolute atomic E-state index is 3.72. The third kappa shape index (κ3) is 35.0. The van der Waals surface area contributed by atoms with E-state index in [0.717, 1.165) is 17.8 Å². The lowest BCUT2D eigenvalue weighted by molar-refractivity contribution is 0.381. The minimum Gasteiger partial charge on any atom is -0.103 e. The molecule has 3 atom stereocenters. The number of allylic oxidation sites excluding steroid dienone is 3. The van der Waals surface area contributed by atoms with Gasteiger partial charge in [0.25, 0.3) is 0 Å². The third-order valence-corrected chi connectivity index (χ3v) is 4.90. The summed E-state index contributed by atoms with van der Waals surface area (Å²) in [5.74, 6) is 2.75. The maximum Gasteiger partial charge on any atom is -0.0170 e. The van der Waals surface area contributed by atoms with Gasteiger partial charge < -0.3 is 0 Å². The van der Waals surface area contributed by atoms with Crippen LogP contribution >= 0.6 is 0 Å². The van der Waals surface area contributed by atoms with E-state index >= 15 is 0 Å². The highest BCUT2D eigenvalue weighted by Crippen LogP contribution is 2.32. The summed E-state index contributed by atoms with van der Waals surface area (Å²) >= 11 is 0. The second kappa shape index (κ2) is 35.9. The summed E-state index contributed by atoms with van der Waals surface area (Å²) < 4.78 is 0. The van der Waals surface area contributed by atoms with Gasteiger partial charge in [-0.15, -0.1) is 6.58 Å². The van der Waals surface area contributed by atoms with Gasteiger partial charge in [0.2, 0.25) is 0 Å². The zero-order valence-electron chi connectivity index (χ0n) is 23.4. The van der Waals surface area contributed by atoms with Gasteiger partial charge in [0.05, 0.1) is 0 Å². The molecule has 0 saturated carbocycles. The Morgan fingerprint density at radius 1 is 0.700 bits per heavy atom. The van der Waals surface area contributed by atoms with Gasteiger partial charge in [0.1, 0.15) is 0 Å². The van der Waals surface area contributed by atoms with Crippen molar-refractivity contribution < 1.29 is 0 Å². The minimum absolute atomic E-state index is 0.889. The van der Waals surface area contributed by atoms with Gasteiger partial charge in [-0.25, -0.2) is 0 Å². The minimum atomic E-state index is 0.889. The van der Waals surface area contributed by atoms with E-state index in [1.165, 1.54) is 83.5 Å². The molecule has 0 aromatic heterocycles. The first kappa shape index (κ1) is 36.8. The van der Waals surface area contributed by atoms with Gasteiger partial charge in [0, 0.05) is 0 Å². The van der Waals surface area contributed by atoms with Crippen LogP contribution in [0, 0.1) is 17.8 Å². The van der Waals surface area contributed by atoms with Crippen molar-refractivity contribution in [2.75, 3.05) is 0 Å².